The van der Waals surface area contributed by atoms with Crippen LogP contribution in [0.15, 0.2) is 36.9 Å². The Morgan fingerprint density at radius 1 is 1.35 bits per heavy atom. The maximum atomic E-state index is 6.34. The zero-order chi connectivity index (χ0) is 16.7. The Kier molecular flexibility index (Phi) is 7.34. The molecule has 3 nitrogen and oxygen atoms in total. The molecule has 0 bridgehead atoms. The highest BCUT2D eigenvalue weighted by atomic mass is 35.5. The van der Waals surface area contributed by atoms with Gasteiger partial charge in [-0.1, -0.05) is 49.0 Å². The fraction of sp³-hybridized carbons (Fsp3) is 0.412. The van der Waals surface area contributed by atoms with Crippen LogP contribution < -0.4 is 0 Å². The van der Waals surface area contributed by atoms with Crippen molar-refractivity contribution in [3.05, 3.63) is 52.5 Å². The van der Waals surface area contributed by atoms with Crippen molar-refractivity contribution in [3.8, 4) is 0 Å². The van der Waals surface area contributed by atoms with E-state index in [2.05, 4.69) is 11.9 Å². The van der Waals surface area contributed by atoms with E-state index in [1.54, 1.807) is 18.6 Å². The number of benzene rings is 1. The van der Waals surface area contributed by atoms with Gasteiger partial charge in [0.2, 0.25) is 0 Å². The Balaban J connectivity index is 2.12. The molecule has 1 aromatic carbocycles. The van der Waals surface area contributed by atoms with Crippen LogP contribution in [0.4, 0.5) is 0 Å². The van der Waals surface area contributed by atoms with E-state index < -0.39 is 0 Å². The van der Waals surface area contributed by atoms with Gasteiger partial charge in [-0.3, -0.25) is 0 Å². The van der Waals surface area contributed by atoms with Crippen LogP contribution in [0.25, 0.3) is 0 Å². The van der Waals surface area contributed by atoms with Crippen molar-refractivity contribution in [3.63, 3.8) is 0 Å². The van der Waals surface area contributed by atoms with Crippen molar-refractivity contribution in [2.75, 3.05) is 0 Å². The second kappa shape index (κ2) is 9.26. The van der Waals surface area contributed by atoms with E-state index in [4.69, 9.17) is 40.2 Å². The van der Waals surface area contributed by atoms with Gasteiger partial charge in [-0.15, -0.1) is 0 Å². The van der Waals surface area contributed by atoms with Crippen molar-refractivity contribution < 1.29 is 4.74 Å². The van der Waals surface area contributed by atoms with Gasteiger partial charge in [0, 0.05) is 34.4 Å². The summed E-state index contributed by atoms with van der Waals surface area (Å²) < 4.78 is 7.98. The highest BCUT2D eigenvalue weighted by Gasteiger charge is 2.19. The van der Waals surface area contributed by atoms with Gasteiger partial charge in [0.15, 0.2) is 5.05 Å². The summed E-state index contributed by atoms with van der Waals surface area (Å²) in [7, 11) is 0. The standard InChI is InChI=1S/C17H20Cl2N2OS/c1-2-3-4-5-17(23)22-16(11-21-9-8-20-12-21)14-7-6-13(18)10-15(14)19/h6-10,12,16H,2-5,11H2,1H3. The molecule has 0 radical (unpaired) electrons. The molecule has 0 fully saturated rings. The number of nitrogens with zero attached hydrogens (tertiary/aromatic N) is 2. The van der Waals surface area contributed by atoms with Crippen LogP contribution in [-0.2, 0) is 11.3 Å². The molecule has 6 heteroatoms. The molecule has 0 saturated carbocycles. The fourth-order valence-electron chi connectivity index (χ4n) is 2.28. The topological polar surface area (TPSA) is 27.1 Å². The highest BCUT2D eigenvalue weighted by molar-refractivity contribution is 7.80. The molecule has 0 spiro atoms. The number of ether oxygens (including phenoxy) is 1. The van der Waals surface area contributed by atoms with Crippen molar-refractivity contribution in [1.82, 2.24) is 9.55 Å². The Labute approximate surface area is 152 Å². The number of hydrogen-bond donors (Lipinski definition) is 0. The molecular weight excluding hydrogens is 351 g/mol. The molecular formula is C17H20Cl2N2OS. The van der Waals surface area contributed by atoms with Gasteiger partial charge in [0.05, 0.1) is 12.9 Å². The lowest BCUT2D eigenvalue weighted by Crippen LogP contribution is -2.16. The molecule has 0 aliphatic carbocycles. The summed E-state index contributed by atoms with van der Waals surface area (Å²) in [6.45, 7) is 2.76. The second-order valence-corrected chi connectivity index (χ2v) is 6.66. The molecule has 0 N–H and O–H groups in total. The van der Waals surface area contributed by atoms with Crippen molar-refractivity contribution >= 4 is 40.5 Å². The van der Waals surface area contributed by atoms with E-state index in [-0.39, 0.29) is 6.10 Å². The molecule has 1 aromatic heterocycles. The van der Waals surface area contributed by atoms with Gasteiger partial charge in [-0.2, -0.15) is 0 Å². The van der Waals surface area contributed by atoms with Crippen LogP contribution >= 0.6 is 35.4 Å². The first-order valence-electron chi connectivity index (χ1n) is 7.70. The summed E-state index contributed by atoms with van der Waals surface area (Å²) in [6.07, 6.45) is 9.25. The maximum Gasteiger partial charge on any atom is 0.160 e. The van der Waals surface area contributed by atoms with E-state index in [1.165, 1.54) is 0 Å². The first kappa shape index (κ1) is 18.2. The Hall–Kier alpha value is -1.10. The largest absolute Gasteiger partial charge is 0.477 e. The quantitative estimate of drug-likeness (QED) is 0.430. The normalized spacial score (nSPS) is 12.1. The zero-order valence-corrected chi connectivity index (χ0v) is 15.4. The summed E-state index contributed by atoms with van der Waals surface area (Å²) in [4.78, 5) is 4.07. The highest BCUT2D eigenvalue weighted by Crippen LogP contribution is 2.30. The second-order valence-electron chi connectivity index (χ2n) is 5.36. The monoisotopic (exact) mass is 370 g/mol. The first-order valence-corrected chi connectivity index (χ1v) is 8.86. The van der Waals surface area contributed by atoms with Gasteiger partial charge in [0.25, 0.3) is 0 Å². The van der Waals surface area contributed by atoms with E-state index >= 15 is 0 Å². The number of rotatable bonds is 8. The molecule has 1 atom stereocenters. The lowest BCUT2D eigenvalue weighted by molar-refractivity contribution is 0.170. The third kappa shape index (κ3) is 5.79. The summed E-state index contributed by atoms with van der Waals surface area (Å²) in [5.74, 6) is 0. The summed E-state index contributed by atoms with van der Waals surface area (Å²) >= 11 is 17.7. The Bertz CT molecular complexity index is 632. The average Bonchev–Trinajstić information content (AvgIpc) is 3.00. The van der Waals surface area contributed by atoms with Crippen LogP contribution in [0.3, 0.4) is 0 Å². The molecule has 0 aliphatic rings. The minimum Gasteiger partial charge on any atom is -0.477 e. The van der Waals surface area contributed by atoms with Crippen molar-refractivity contribution in [2.45, 2.75) is 45.3 Å². The predicted molar refractivity (Wildman–Crippen MR) is 99.3 cm³/mol. The summed E-state index contributed by atoms with van der Waals surface area (Å²) in [5.41, 5.74) is 0.877. The average molecular weight is 371 g/mol. The van der Waals surface area contributed by atoms with E-state index in [9.17, 15) is 0 Å². The van der Waals surface area contributed by atoms with E-state index in [0.717, 1.165) is 31.2 Å². The van der Waals surface area contributed by atoms with Crippen molar-refractivity contribution in [2.24, 2.45) is 0 Å². The SMILES string of the molecule is CCCCCC(=S)OC(Cn1ccnc1)c1ccc(Cl)cc1Cl. The minimum absolute atomic E-state index is 0.261. The lowest BCUT2D eigenvalue weighted by Gasteiger charge is -2.21. The number of aromatic nitrogens is 2. The smallest absolute Gasteiger partial charge is 0.160 e. The Morgan fingerprint density at radius 3 is 2.83 bits per heavy atom. The van der Waals surface area contributed by atoms with Crippen molar-refractivity contribution in [1.29, 1.82) is 0 Å². The summed E-state index contributed by atoms with van der Waals surface area (Å²) in [6, 6.07) is 5.43. The maximum absolute atomic E-state index is 6.34. The van der Waals surface area contributed by atoms with Crippen LogP contribution in [0, 0.1) is 0 Å². The third-order valence-electron chi connectivity index (χ3n) is 3.50. The molecule has 0 aliphatic heterocycles. The van der Waals surface area contributed by atoms with Crippen LogP contribution in [0.5, 0.6) is 0 Å². The number of thiocarbonyl (C=S) groups is 1. The predicted octanol–water partition coefficient (Wildman–Crippen LogP) is 5.86. The third-order valence-corrected chi connectivity index (χ3v) is 4.37. The molecule has 0 saturated heterocycles. The molecule has 1 heterocycles. The number of halogens is 2. The lowest BCUT2D eigenvalue weighted by atomic mass is 10.1. The Morgan fingerprint density at radius 2 is 2.17 bits per heavy atom. The number of imidazole rings is 1. The number of unbranched alkanes of at least 4 members (excludes halogenated alkanes) is 2. The molecule has 124 valence electrons. The van der Waals surface area contributed by atoms with Gasteiger partial charge >= 0.3 is 0 Å². The van der Waals surface area contributed by atoms with Gasteiger partial charge in [-0.25, -0.2) is 4.98 Å². The first-order chi connectivity index (χ1) is 11.1. The molecule has 1 unspecified atom stereocenters. The van der Waals surface area contributed by atoms with Gasteiger partial charge in [-0.05, 0) is 30.8 Å². The molecule has 0 amide bonds. The zero-order valence-electron chi connectivity index (χ0n) is 13.0. The number of hydrogen-bond acceptors (Lipinski definition) is 3. The van der Waals surface area contributed by atoms with E-state index in [0.29, 0.717) is 21.6 Å². The summed E-state index contributed by atoms with van der Waals surface area (Å²) in [5, 5.41) is 1.80. The van der Waals surface area contributed by atoms with Crippen LogP contribution in [-0.4, -0.2) is 14.6 Å². The van der Waals surface area contributed by atoms with E-state index in [1.807, 2.05) is 22.9 Å². The van der Waals surface area contributed by atoms with Gasteiger partial charge in [0.1, 0.15) is 6.10 Å². The van der Waals surface area contributed by atoms with Gasteiger partial charge < -0.3 is 9.30 Å². The molecule has 2 rings (SSSR count). The fourth-order valence-corrected chi connectivity index (χ4v) is 3.08. The molecule has 23 heavy (non-hydrogen) atoms. The molecule has 2 aromatic rings. The van der Waals surface area contributed by atoms with Crippen LogP contribution in [0.2, 0.25) is 10.0 Å². The van der Waals surface area contributed by atoms with Crippen LogP contribution in [0.1, 0.15) is 44.3 Å². The minimum atomic E-state index is -0.261.